The fourth-order valence-electron chi connectivity index (χ4n) is 6.40. The standard InChI is InChI=1S/C21H25.C12H19.C3H6.2ClH.Zr/c1-20(2,3)16-9-7-14-11-15-8-10-17(21(4,5)6)13-19(15)18(14)12-16;1-6-10-7-9(2)8-11(10)12(3,4)5;1-3-2;;;/h7,9-10,12-13H,11H2,1-6H3;8-9H,6H2,1-5H3;1-2H3;2*1H;/q;;;;;+2/p-2. The Kier molecular flexibility index (Phi) is 10.5. The first kappa shape index (κ1) is 34.5. The molecule has 0 saturated carbocycles. The van der Waals surface area contributed by atoms with E-state index in [9.17, 15) is 0 Å². The second kappa shape index (κ2) is 11.9. The van der Waals surface area contributed by atoms with Crippen molar-refractivity contribution < 1.29 is 46.1 Å². The fraction of sp³-hybridized carbons (Fsp3) is 0.528. The van der Waals surface area contributed by atoms with Crippen molar-refractivity contribution in [2.75, 3.05) is 0 Å². The van der Waals surface area contributed by atoms with E-state index in [1.54, 1.807) is 23.2 Å². The minimum Gasteiger partial charge on any atom is -1.00 e. The van der Waals surface area contributed by atoms with Crippen molar-refractivity contribution in [1.29, 1.82) is 0 Å². The third kappa shape index (κ3) is 6.52. The maximum Gasteiger partial charge on any atom is -1.00 e. The predicted octanol–water partition coefficient (Wildman–Crippen LogP) is 3.60. The third-order valence-corrected chi connectivity index (χ3v) is 16.5. The number of halogens is 2. The van der Waals surface area contributed by atoms with Crippen LogP contribution < -0.4 is 28.1 Å². The van der Waals surface area contributed by atoms with E-state index in [1.807, 2.05) is 3.28 Å². The zero-order valence-corrected chi connectivity index (χ0v) is 30.7. The Bertz CT molecular complexity index is 1340. The van der Waals surface area contributed by atoms with Crippen molar-refractivity contribution >= 4 is 6.48 Å². The molecule has 2 aliphatic rings. The molecule has 0 heterocycles. The topological polar surface area (TPSA) is 0 Å². The van der Waals surface area contributed by atoms with Crippen molar-refractivity contribution in [1.82, 2.24) is 0 Å². The molecule has 0 radical (unpaired) electrons. The third-order valence-electron chi connectivity index (χ3n) is 8.47. The van der Waals surface area contributed by atoms with Gasteiger partial charge in [-0.2, -0.15) is 0 Å². The smallest absolute Gasteiger partial charge is 1.00 e. The van der Waals surface area contributed by atoms with Crippen LogP contribution in [0, 0.1) is 11.3 Å². The molecule has 212 valence electrons. The zero-order valence-electron chi connectivity index (χ0n) is 26.7. The average molecular weight is 645 g/mol. The summed E-state index contributed by atoms with van der Waals surface area (Å²) in [7, 11) is 0. The zero-order chi connectivity index (χ0) is 27.7. The first-order valence-corrected chi connectivity index (χ1v) is 18.1. The summed E-state index contributed by atoms with van der Waals surface area (Å²) in [4.78, 5) is 0. The Morgan fingerprint density at radius 3 is 1.85 bits per heavy atom. The Morgan fingerprint density at radius 2 is 1.36 bits per heavy atom. The minimum atomic E-state index is -2.33. The molecule has 39 heavy (non-hydrogen) atoms. The van der Waals surface area contributed by atoms with Crippen LogP contribution in [-0.4, -0.2) is 3.21 Å². The minimum absolute atomic E-state index is 0. The molecule has 0 fully saturated rings. The van der Waals surface area contributed by atoms with E-state index in [0.717, 1.165) is 12.8 Å². The summed E-state index contributed by atoms with van der Waals surface area (Å²) < 4.78 is 5.29. The number of rotatable bonds is 3. The summed E-state index contributed by atoms with van der Waals surface area (Å²) in [5.41, 5.74) is 12.9. The van der Waals surface area contributed by atoms with Gasteiger partial charge in [0, 0.05) is 0 Å². The Labute approximate surface area is 260 Å². The average Bonchev–Trinajstić information content (AvgIpc) is 3.29. The first-order chi connectivity index (χ1) is 16.9. The number of benzene rings is 2. The van der Waals surface area contributed by atoms with Gasteiger partial charge in [-0.05, 0) is 0 Å². The molecule has 0 saturated heterocycles. The van der Waals surface area contributed by atoms with Gasteiger partial charge in [-0.3, -0.25) is 0 Å². The van der Waals surface area contributed by atoms with Crippen LogP contribution in [0.15, 0.2) is 50.8 Å². The second-order valence-electron chi connectivity index (χ2n) is 14.8. The van der Waals surface area contributed by atoms with Crippen molar-refractivity contribution in [3.63, 3.8) is 0 Å². The summed E-state index contributed by atoms with van der Waals surface area (Å²) in [6.45, 7) is 31.1. The van der Waals surface area contributed by atoms with Gasteiger partial charge < -0.3 is 24.8 Å². The Balaban J connectivity index is 0.00000267. The van der Waals surface area contributed by atoms with Gasteiger partial charge in [-0.1, -0.05) is 0 Å². The van der Waals surface area contributed by atoms with E-state index in [1.165, 1.54) is 27.8 Å². The quantitative estimate of drug-likeness (QED) is 0.409. The van der Waals surface area contributed by atoms with Gasteiger partial charge in [0.25, 0.3) is 0 Å². The van der Waals surface area contributed by atoms with Gasteiger partial charge >= 0.3 is 237 Å². The van der Waals surface area contributed by atoms with E-state index in [0.29, 0.717) is 5.92 Å². The summed E-state index contributed by atoms with van der Waals surface area (Å²) >= 11 is -2.33. The van der Waals surface area contributed by atoms with Gasteiger partial charge in [0.1, 0.15) is 0 Å². The van der Waals surface area contributed by atoms with Crippen LogP contribution in [0.25, 0.3) is 11.1 Å². The van der Waals surface area contributed by atoms with Gasteiger partial charge in [0.05, 0.1) is 0 Å². The number of hydrogen-bond acceptors (Lipinski definition) is 0. The largest absolute Gasteiger partial charge is 1.00 e. The van der Waals surface area contributed by atoms with Crippen molar-refractivity contribution in [3.05, 3.63) is 73.1 Å². The second-order valence-corrected chi connectivity index (χ2v) is 21.8. The molecule has 1 atom stereocenters. The predicted molar refractivity (Wildman–Crippen MR) is 162 cm³/mol. The molecule has 0 bridgehead atoms. The van der Waals surface area contributed by atoms with Crippen molar-refractivity contribution in [2.45, 2.75) is 114 Å². The number of hydrogen-bond donors (Lipinski definition) is 0. The molecule has 4 rings (SSSR count). The van der Waals surface area contributed by atoms with Crippen molar-refractivity contribution in [2.24, 2.45) is 11.3 Å². The molecule has 2 aromatic rings. The summed E-state index contributed by atoms with van der Waals surface area (Å²) in [5, 5.41) is 0. The maximum atomic E-state index is 2.67. The van der Waals surface area contributed by atoms with Crippen LogP contribution in [0.4, 0.5) is 0 Å². The van der Waals surface area contributed by atoms with Crippen LogP contribution in [0.2, 0.25) is 0 Å². The molecule has 2 aromatic carbocycles. The Hall–Kier alpha value is -0.747. The molecular formula is C36H50Cl2Zr. The first-order valence-electron chi connectivity index (χ1n) is 14.4. The van der Waals surface area contributed by atoms with Crippen LogP contribution in [0.3, 0.4) is 0 Å². The van der Waals surface area contributed by atoms with E-state index in [-0.39, 0.29) is 41.1 Å². The molecule has 0 aromatic heterocycles. The molecule has 0 nitrogen and oxygen atoms in total. The molecular weight excluding hydrogens is 595 g/mol. The molecule has 2 aliphatic carbocycles. The molecule has 0 N–H and O–H groups in total. The van der Waals surface area contributed by atoms with E-state index in [2.05, 4.69) is 126 Å². The van der Waals surface area contributed by atoms with Crippen LogP contribution >= 0.6 is 0 Å². The van der Waals surface area contributed by atoms with E-state index in [4.69, 9.17) is 0 Å². The van der Waals surface area contributed by atoms with E-state index >= 15 is 0 Å². The molecule has 0 spiro atoms. The number of allylic oxidation sites excluding steroid dienone is 4. The fourth-order valence-corrected chi connectivity index (χ4v) is 14.6. The normalized spacial score (nSPS) is 16.5. The van der Waals surface area contributed by atoms with Gasteiger partial charge in [-0.25, -0.2) is 0 Å². The summed E-state index contributed by atoms with van der Waals surface area (Å²) in [5.74, 6) is 0.554. The molecule has 0 aliphatic heterocycles. The molecule has 1 unspecified atom stereocenters. The van der Waals surface area contributed by atoms with Crippen LogP contribution in [0.5, 0.6) is 0 Å². The molecule has 3 heteroatoms. The monoisotopic (exact) mass is 642 g/mol. The summed E-state index contributed by atoms with van der Waals surface area (Å²) in [6, 6.07) is 12.5. The van der Waals surface area contributed by atoms with Crippen molar-refractivity contribution in [3.8, 4) is 11.1 Å². The van der Waals surface area contributed by atoms with Crippen LogP contribution in [-0.2, 0) is 38.5 Å². The van der Waals surface area contributed by atoms with E-state index < -0.39 is 21.3 Å². The van der Waals surface area contributed by atoms with Gasteiger partial charge in [0.15, 0.2) is 0 Å². The van der Waals surface area contributed by atoms with Crippen LogP contribution in [0.1, 0.15) is 119 Å². The van der Waals surface area contributed by atoms with Gasteiger partial charge in [-0.15, -0.1) is 0 Å². The Morgan fingerprint density at radius 1 is 0.795 bits per heavy atom. The maximum absolute atomic E-state index is 2.67. The number of fused-ring (bicyclic) bond motifs is 3. The van der Waals surface area contributed by atoms with Gasteiger partial charge in [0.2, 0.25) is 0 Å². The summed E-state index contributed by atoms with van der Waals surface area (Å²) in [6.07, 6.45) is 4.86. The molecule has 0 amide bonds. The SMILES string of the molecule is CCC1=[C]([Zr+2](=[C](C)C)[c]2cc(C(C)(C)C)cc3c2Cc2ccc(C(C)(C)C)cc2-3)C(C)C=C1C(C)(C)C.[Cl-].[Cl-].